The molecule has 5 rings (SSSR count). The van der Waals surface area contributed by atoms with Crippen molar-refractivity contribution >= 4 is 40.4 Å². The van der Waals surface area contributed by atoms with Gasteiger partial charge in [0, 0.05) is 19.3 Å². The van der Waals surface area contributed by atoms with E-state index in [2.05, 4.69) is 37.1 Å². The molecule has 2 aliphatic rings. The van der Waals surface area contributed by atoms with E-state index in [9.17, 15) is 19.8 Å². The number of imidazole rings is 1. The van der Waals surface area contributed by atoms with Gasteiger partial charge >= 0.3 is 0 Å². The highest BCUT2D eigenvalue weighted by molar-refractivity contribution is 6.29. The summed E-state index contributed by atoms with van der Waals surface area (Å²) < 4.78 is 6.97. The first kappa shape index (κ1) is 24.8. The molecule has 192 valence electrons. The molecule has 0 bridgehead atoms. The van der Waals surface area contributed by atoms with E-state index < -0.39 is 30.4 Å². The molecule has 1 aliphatic heterocycles. The molecule has 0 radical (unpaired) electrons. The standard InChI is InChI=1S/C23H23ClN8O5/c1-26-21(35)18-16(33)17(34)23(37-18)32-10-28-15-19(25)29-14(30-20(15)32)3-2-8-31(12-5-6-12)22(36)11-4-7-13(24)27-9-11/h4,7,9-10,12,16-18,23,33-34H,5-6,8H2,1H3,(H,26,35)(H2,25,29,30)/t16-,17?,18-,23+/m0/s1. The first-order chi connectivity index (χ1) is 17.8. The summed E-state index contributed by atoms with van der Waals surface area (Å²) in [4.78, 5) is 43.3. The van der Waals surface area contributed by atoms with Crippen molar-refractivity contribution < 1.29 is 24.5 Å². The zero-order chi connectivity index (χ0) is 26.3. The number of halogens is 1. The van der Waals surface area contributed by atoms with Crippen molar-refractivity contribution in [2.75, 3.05) is 19.3 Å². The van der Waals surface area contributed by atoms with Gasteiger partial charge in [-0.3, -0.25) is 14.2 Å². The fourth-order valence-electron chi connectivity index (χ4n) is 4.05. The van der Waals surface area contributed by atoms with Crippen molar-refractivity contribution in [3.63, 3.8) is 0 Å². The van der Waals surface area contributed by atoms with Crippen LogP contribution in [0.5, 0.6) is 0 Å². The molecule has 1 saturated carbocycles. The second-order valence-corrected chi connectivity index (χ2v) is 9.02. The number of nitrogen functional groups attached to an aromatic ring is 1. The molecular weight excluding hydrogens is 504 g/mol. The van der Waals surface area contributed by atoms with E-state index in [1.54, 1.807) is 17.0 Å². The Morgan fingerprint density at radius 2 is 2.05 bits per heavy atom. The number of pyridine rings is 1. The van der Waals surface area contributed by atoms with Crippen LogP contribution in [0.1, 0.15) is 35.3 Å². The zero-order valence-corrected chi connectivity index (χ0v) is 20.3. The Morgan fingerprint density at radius 3 is 2.73 bits per heavy atom. The zero-order valence-electron chi connectivity index (χ0n) is 19.6. The monoisotopic (exact) mass is 526 g/mol. The third kappa shape index (κ3) is 4.79. The van der Waals surface area contributed by atoms with Gasteiger partial charge in [-0.2, -0.15) is 0 Å². The summed E-state index contributed by atoms with van der Waals surface area (Å²) in [5.74, 6) is 5.09. The molecule has 3 aromatic rings. The molecule has 0 spiro atoms. The maximum atomic E-state index is 12.9. The van der Waals surface area contributed by atoms with Gasteiger partial charge in [0.15, 0.2) is 23.8 Å². The minimum atomic E-state index is -1.46. The average molecular weight is 527 g/mol. The van der Waals surface area contributed by atoms with Crippen LogP contribution in [0.25, 0.3) is 11.2 Å². The fourth-order valence-corrected chi connectivity index (χ4v) is 4.17. The van der Waals surface area contributed by atoms with E-state index in [1.807, 2.05) is 0 Å². The van der Waals surface area contributed by atoms with Crippen molar-refractivity contribution in [3.8, 4) is 11.8 Å². The number of anilines is 1. The number of hydrogen-bond acceptors (Lipinski definition) is 10. The lowest BCUT2D eigenvalue weighted by Gasteiger charge is -2.19. The summed E-state index contributed by atoms with van der Waals surface area (Å²) >= 11 is 5.82. The number of nitrogens with one attached hydrogen (secondary N) is 1. The predicted molar refractivity (Wildman–Crippen MR) is 130 cm³/mol. The highest BCUT2D eigenvalue weighted by Crippen LogP contribution is 2.32. The van der Waals surface area contributed by atoms with Gasteiger partial charge in [-0.25, -0.2) is 19.9 Å². The highest BCUT2D eigenvalue weighted by atomic mass is 35.5. The Balaban J connectivity index is 1.39. The maximum absolute atomic E-state index is 12.9. The molecule has 5 N–H and O–H groups in total. The smallest absolute Gasteiger partial charge is 0.256 e. The van der Waals surface area contributed by atoms with Crippen molar-refractivity contribution in [2.45, 2.75) is 43.4 Å². The largest absolute Gasteiger partial charge is 0.387 e. The predicted octanol–water partition coefficient (Wildman–Crippen LogP) is -0.522. The van der Waals surface area contributed by atoms with Gasteiger partial charge in [0.05, 0.1) is 18.4 Å². The molecule has 2 fully saturated rings. The molecule has 1 unspecified atom stereocenters. The van der Waals surface area contributed by atoms with Crippen molar-refractivity contribution in [1.29, 1.82) is 0 Å². The molecule has 37 heavy (non-hydrogen) atoms. The number of hydrogen-bond donors (Lipinski definition) is 4. The van der Waals surface area contributed by atoms with Crippen molar-refractivity contribution in [3.05, 3.63) is 41.2 Å². The summed E-state index contributed by atoms with van der Waals surface area (Å²) in [6.45, 7) is 0.136. The summed E-state index contributed by atoms with van der Waals surface area (Å²) in [7, 11) is 1.40. The Labute approximate surface area is 215 Å². The second kappa shape index (κ2) is 9.91. The van der Waals surface area contributed by atoms with Crippen LogP contribution in [0.3, 0.4) is 0 Å². The van der Waals surface area contributed by atoms with Crippen LogP contribution < -0.4 is 11.1 Å². The summed E-state index contributed by atoms with van der Waals surface area (Å²) in [5.41, 5.74) is 6.92. The number of amides is 2. The lowest BCUT2D eigenvalue weighted by Crippen LogP contribution is -2.41. The number of aromatic nitrogens is 5. The number of carbonyl (C=O) groups excluding carboxylic acids is 2. The molecule has 1 saturated heterocycles. The fraction of sp³-hybridized carbons (Fsp3) is 0.391. The van der Waals surface area contributed by atoms with Gasteiger partial charge in [0.25, 0.3) is 11.8 Å². The van der Waals surface area contributed by atoms with E-state index in [-0.39, 0.29) is 41.3 Å². The van der Waals surface area contributed by atoms with Crippen LogP contribution in [0, 0.1) is 11.8 Å². The Hall–Kier alpha value is -3.83. The summed E-state index contributed by atoms with van der Waals surface area (Å²) in [6.07, 6.45) is -0.777. The van der Waals surface area contributed by atoms with Crippen LogP contribution >= 0.6 is 11.6 Å². The molecule has 4 atom stereocenters. The Bertz CT molecular complexity index is 1410. The van der Waals surface area contributed by atoms with Crippen LogP contribution in [0.4, 0.5) is 5.82 Å². The number of aliphatic hydroxyl groups excluding tert-OH is 2. The van der Waals surface area contributed by atoms with Gasteiger partial charge in [-0.05, 0) is 30.9 Å². The summed E-state index contributed by atoms with van der Waals surface area (Å²) in [6, 6.07) is 3.26. The lowest BCUT2D eigenvalue weighted by molar-refractivity contribution is -0.137. The Kier molecular flexibility index (Phi) is 6.65. The number of likely N-dealkylation sites (N-methyl/N-ethyl adjacent to an activating group) is 1. The number of ether oxygens (including phenoxy) is 1. The average Bonchev–Trinajstić information content (AvgIpc) is 3.58. The number of nitrogens with two attached hydrogens (primary N) is 1. The number of aliphatic hydroxyl groups is 2. The number of nitrogens with zero attached hydrogens (tertiary/aromatic N) is 6. The number of carbonyl (C=O) groups is 2. The van der Waals surface area contributed by atoms with Crippen LogP contribution in [-0.2, 0) is 9.53 Å². The quantitative estimate of drug-likeness (QED) is 0.249. The van der Waals surface area contributed by atoms with Crippen LogP contribution in [0.15, 0.2) is 24.7 Å². The summed E-state index contributed by atoms with van der Waals surface area (Å²) in [5, 5.41) is 23.5. The number of fused-ring (bicyclic) bond motifs is 1. The van der Waals surface area contributed by atoms with E-state index in [1.165, 1.54) is 24.1 Å². The minimum absolute atomic E-state index is 0.0475. The first-order valence-electron chi connectivity index (χ1n) is 11.4. The normalized spacial score (nSPS) is 22.9. The third-order valence-electron chi connectivity index (χ3n) is 6.14. The van der Waals surface area contributed by atoms with Crippen LogP contribution in [-0.4, -0.2) is 89.4 Å². The van der Waals surface area contributed by atoms with Gasteiger partial charge < -0.3 is 30.9 Å². The SMILES string of the molecule is CNC(=O)[C@H]1O[C@@H](n2cnc3c(N)nc(C#CCN(C(=O)c4ccc(Cl)nc4)C4CC4)nc32)C(O)[C@@H]1O. The van der Waals surface area contributed by atoms with E-state index >= 15 is 0 Å². The molecule has 3 aromatic heterocycles. The molecule has 4 heterocycles. The van der Waals surface area contributed by atoms with Gasteiger partial charge in [0.2, 0.25) is 5.82 Å². The molecule has 0 aromatic carbocycles. The lowest BCUT2D eigenvalue weighted by atomic mass is 10.1. The van der Waals surface area contributed by atoms with E-state index in [0.717, 1.165) is 12.8 Å². The second-order valence-electron chi connectivity index (χ2n) is 8.63. The molecular formula is C23H23ClN8O5. The molecule has 2 amide bonds. The maximum Gasteiger partial charge on any atom is 0.256 e. The first-order valence-corrected chi connectivity index (χ1v) is 11.8. The van der Waals surface area contributed by atoms with Crippen molar-refractivity contribution in [1.82, 2.24) is 34.7 Å². The third-order valence-corrected chi connectivity index (χ3v) is 6.36. The Morgan fingerprint density at radius 1 is 1.27 bits per heavy atom. The highest BCUT2D eigenvalue weighted by Gasteiger charge is 2.47. The topological polar surface area (TPSA) is 182 Å². The molecule has 14 heteroatoms. The van der Waals surface area contributed by atoms with Crippen molar-refractivity contribution in [2.24, 2.45) is 0 Å². The van der Waals surface area contributed by atoms with E-state index in [0.29, 0.717) is 10.7 Å². The van der Waals surface area contributed by atoms with Crippen LogP contribution in [0.2, 0.25) is 5.15 Å². The minimum Gasteiger partial charge on any atom is -0.387 e. The molecule has 13 nitrogen and oxygen atoms in total. The van der Waals surface area contributed by atoms with Gasteiger partial charge in [-0.1, -0.05) is 17.5 Å². The molecule has 1 aliphatic carbocycles. The van der Waals surface area contributed by atoms with Gasteiger partial charge in [0.1, 0.15) is 22.9 Å². The van der Waals surface area contributed by atoms with Gasteiger partial charge in [-0.15, -0.1) is 0 Å². The number of rotatable bonds is 5. The van der Waals surface area contributed by atoms with E-state index in [4.69, 9.17) is 22.1 Å².